The normalized spacial score (nSPS) is 13.3. The van der Waals surface area contributed by atoms with Crippen LogP contribution in [0.2, 0.25) is 0 Å². The molecule has 1 aliphatic heterocycles. The van der Waals surface area contributed by atoms with Gasteiger partial charge in [-0.3, -0.25) is 9.59 Å². The van der Waals surface area contributed by atoms with Crippen molar-refractivity contribution in [3.05, 3.63) is 47.9 Å². The molecule has 0 bridgehead atoms. The summed E-state index contributed by atoms with van der Waals surface area (Å²) in [6, 6.07) is 8.59. The first-order valence-electron chi connectivity index (χ1n) is 7.79. The van der Waals surface area contributed by atoms with Crippen LogP contribution in [0.1, 0.15) is 23.8 Å². The van der Waals surface area contributed by atoms with Crippen LogP contribution < -0.4 is 20.1 Å². The number of aliphatic hydroxyl groups is 1. The summed E-state index contributed by atoms with van der Waals surface area (Å²) in [5, 5.41) is 14.8. The number of nitrogens with one attached hydrogen (secondary N) is 2. The van der Waals surface area contributed by atoms with Crippen LogP contribution in [0.15, 0.2) is 41.0 Å². The number of ether oxygens (including phenoxy) is 2. The van der Waals surface area contributed by atoms with Gasteiger partial charge in [-0.2, -0.15) is 0 Å². The van der Waals surface area contributed by atoms with Crippen LogP contribution in [0.25, 0.3) is 0 Å². The molecule has 25 heavy (non-hydrogen) atoms. The van der Waals surface area contributed by atoms with Gasteiger partial charge in [-0.05, 0) is 36.2 Å². The maximum Gasteiger partial charge on any atom is 0.309 e. The lowest BCUT2D eigenvalue weighted by Crippen LogP contribution is -2.40. The number of hydrogen-bond acceptors (Lipinski definition) is 6. The molecule has 8 nitrogen and oxygen atoms in total. The van der Waals surface area contributed by atoms with Crippen molar-refractivity contribution >= 4 is 11.8 Å². The Morgan fingerprint density at radius 2 is 1.92 bits per heavy atom. The lowest BCUT2D eigenvalue weighted by atomic mass is 10.2. The molecule has 8 heteroatoms. The highest BCUT2D eigenvalue weighted by Crippen LogP contribution is 2.32. The zero-order valence-corrected chi connectivity index (χ0v) is 13.4. The number of carbonyl (C=O) groups excluding carboxylic acids is 2. The van der Waals surface area contributed by atoms with Crippen LogP contribution in [-0.4, -0.2) is 30.3 Å². The summed E-state index contributed by atoms with van der Waals surface area (Å²) in [5.74, 6) is 0.185. The van der Waals surface area contributed by atoms with Gasteiger partial charge in [0.1, 0.15) is 11.9 Å². The monoisotopic (exact) mass is 346 g/mol. The summed E-state index contributed by atoms with van der Waals surface area (Å²) in [4.78, 5) is 23.5. The zero-order chi connectivity index (χ0) is 17.6. The predicted molar refractivity (Wildman–Crippen MR) is 85.7 cm³/mol. The summed E-state index contributed by atoms with van der Waals surface area (Å²) in [5.41, 5.74) is 0.790. The summed E-state index contributed by atoms with van der Waals surface area (Å²) in [6.07, 6.45) is 0.877. The summed E-state index contributed by atoms with van der Waals surface area (Å²) in [6.45, 7) is 0.521. The first-order valence-corrected chi connectivity index (χ1v) is 7.79. The molecule has 2 aromatic rings. The first kappa shape index (κ1) is 16.8. The highest BCUT2D eigenvalue weighted by molar-refractivity contribution is 6.35. The van der Waals surface area contributed by atoms with Gasteiger partial charge in [0.05, 0.1) is 6.26 Å². The van der Waals surface area contributed by atoms with Gasteiger partial charge >= 0.3 is 11.8 Å². The lowest BCUT2D eigenvalue weighted by molar-refractivity contribution is -0.139. The van der Waals surface area contributed by atoms with Crippen molar-refractivity contribution in [2.45, 2.75) is 19.1 Å². The fraction of sp³-hybridized carbons (Fsp3) is 0.294. The number of aliphatic hydroxyl groups excluding tert-OH is 1. The summed E-state index contributed by atoms with van der Waals surface area (Å²) in [7, 11) is 0. The fourth-order valence-electron chi connectivity index (χ4n) is 2.34. The second-order valence-corrected chi connectivity index (χ2v) is 5.45. The van der Waals surface area contributed by atoms with E-state index >= 15 is 0 Å². The molecule has 0 saturated carbocycles. The minimum Gasteiger partial charge on any atom is -0.467 e. The molecular weight excluding hydrogens is 328 g/mol. The van der Waals surface area contributed by atoms with Crippen LogP contribution in [0, 0.1) is 0 Å². The zero-order valence-electron chi connectivity index (χ0n) is 13.4. The molecule has 1 aromatic carbocycles. The van der Waals surface area contributed by atoms with E-state index in [9.17, 15) is 14.7 Å². The Bertz CT molecular complexity index is 744. The third-order valence-electron chi connectivity index (χ3n) is 3.67. The number of hydrogen-bond donors (Lipinski definition) is 3. The van der Waals surface area contributed by atoms with Crippen molar-refractivity contribution in [2.75, 3.05) is 13.3 Å². The summed E-state index contributed by atoms with van der Waals surface area (Å²) < 4.78 is 15.5. The van der Waals surface area contributed by atoms with Gasteiger partial charge in [-0.1, -0.05) is 6.07 Å². The lowest BCUT2D eigenvalue weighted by Gasteiger charge is -2.09. The Morgan fingerprint density at radius 1 is 1.12 bits per heavy atom. The van der Waals surface area contributed by atoms with E-state index in [0.29, 0.717) is 17.3 Å². The standard InChI is InChI=1S/C17H18N2O6/c20-12(13-2-1-7-23-13)5-6-18-16(21)17(22)19-9-11-3-4-14-15(8-11)25-10-24-14/h1-4,7-8,12,20H,5-6,9-10H2,(H,18,21)(H,19,22)/t12-/m0/s1. The van der Waals surface area contributed by atoms with Crippen LogP contribution in [0.4, 0.5) is 0 Å². The van der Waals surface area contributed by atoms with Gasteiger partial charge in [-0.25, -0.2) is 0 Å². The molecule has 0 unspecified atom stereocenters. The molecule has 3 N–H and O–H groups in total. The molecule has 2 heterocycles. The largest absolute Gasteiger partial charge is 0.467 e. The Balaban J connectivity index is 1.39. The molecule has 0 fully saturated rings. The van der Waals surface area contributed by atoms with E-state index in [0.717, 1.165) is 5.56 Å². The van der Waals surface area contributed by atoms with E-state index in [-0.39, 0.29) is 26.3 Å². The molecule has 2 amide bonds. The quantitative estimate of drug-likeness (QED) is 0.670. The average molecular weight is 346 g/mol. The smallest absolute Gasteiger partial charge is 0.309 e. The molecule has 1 aromatic heterocycles. The molecule has 132 valence electrons. The number of furan rings is 1. The van der Waals surface area contributed by atoms with E-state index in [1.165, 1.54) is 6.26 Å². The highest BCUT2D eigenvalue weighted by Gasteiger charge is 2.16. The van der Waals surface area contributed by atoms with E-state index in [4.69, 9.17) is 13.9 Å². The second kappa shape index (κ2) is 7.71. The van der Waals surface area contributed by atoms with Crippen LogP contribution in [0.3, 0.4) is 0 Å². The van der Waals surface area contributed by atoms with Gasteiger partial charge in [0.25, 0.3) is 0 Å². The molecule has 0 aliphatic carbocycles. The van der Waals surface area contributed by atoms with E-state index < -0.39 is 17.9 Å². The first-order chi connectivity index (χ1) is 12.1. The van der Waals surface area contributed by atoms with E-state index in [1.807, 2.05) is 0 Å². The van der Waals surface area contributed by atoms with Gasteiger partial charge < -0.3 is 29.6 Å². The predicted octanol–water partition coefficient (Wildman–Crippen LogP) is 0.864. The molecular formula is C17H18N2O6. The third-order valence-corrected chi connectivity index (χ3v) is 3.67. The maximum absolute atomic E-state index is 11.8. The van der Waals surface area contributed by atoms with Crippen molar-refractivity contribution < 1.29 is 28.6 Å². The average Bonchev–Trinajstić information content (AvgIpc) is 3.30. The molecule has 0 radical (unpaired) electrons. The van der Waals surface area contributed by atoms with E-state index in [1.54, 1.807) is 30.3 Å². The molecule has 1 aliphatic rings. The van der Waals surface area contributed by atoms with Crippen molar-refractivity contribution in [2.24, 2.45) is 0 Å². The van der Waals surface area contributed by atoms with Gasteiger partial charge in [0.2, 0.25) is 6.79 Å². The number of amides is 2. The van der Waals surface area contributed by atoms with Crippen LogP contribution in [0.5, 0.6) is 11.5 Å². The maximum atomic E-state index is 11.8. The number of carbonyl (C=O) groups is 2. The molecule has 0 spiro atoms. The van der Waals surface area contributed by atoms with Crippen LogP contribution >= 0.6 is 0 Å². The Kier molecular flexibility index (Phi) is 5.20. The minimum absolute atomic E-state index is 0.151. The minimum atomic E-state index is -0.827. The number of rotatable bonds is 6. The highest BCUT2D eigenvalue weighted by atomic mass is 16.7. The SMILES string of the molecule is O=C(NCC[C@H](O)c1ccco1)C(=O)NCc1ccc2c(c1)OCO2. The van der Waals surface area contributed by atoms with Crippen LogP contribution in [-0.2, 0) is 16.1 Å². The topological polar surface area (TPSA) is 110 Å². The van der Waals surface area contributed by atoms with Gasteiger partial charge in [0.15, 0.2) is 11.5 Å². The van der Waals surface area contributed by atoms with Crippen molar-refractivity contribution in [1.29, 1.82) is 0 Å². The molecule has 1 atom stereocenters. The fourth-order valence-corrected chi connectivity index (χ4v) is 2.34. The van der Waals surface area contributed by atoms with Gasteiger partial charge in [0, 0.05) is 13.1 Å². The number of fused-ring (bicyclic) bond motifs is 1. The van der Waals surface area contributed by atoms with Crippen molar-refractivity contribution in [3.8, 4) is 11.5 Å². The van der Waals surface area contributed by atoms with E-state index in [2.05, 4.69) is 10.6 Å². The Hall–Kier alpha value is -3.00. The third kappa shape index (κ3) is 4.30. The Morgan fingerprint density at radius 3 is 2.72 bits per heavy atom. The second-order valence-electron chi connectivity index (χ2n) is 5.45. The van der Waals surface area contributed by atoms with Gasteiger partial charge in [-0.15, -0.1) is 0 Å². The van der Waals surface area contributed by atoms with Crippen molar-refractivity contribution in [1.82, 2.24) is 10.6 Å². The summed E-state index contributed by atoms with van der Waals surface area (Å²) >= 11 is 0. The number of benzene rings is 1. The Labute approximate surface area is 143 Å². The van der Waals surface area contributed by atoms with Crippen molar-refractivity contribution in [3.63, 3.8) is 0 Å². The molecule has 3 rings (SSSR count). The molecule has 0 saturated heterocycles.